The van der Waals surface area contributed by atoms with Crippen LogP contribution in [0.4, 0.5) is 10.5 Å². The number of thioether (sulfide) groups is 1. The fourth-order valence-corrected chi connectivity index (χ4v) is 5.04. The van der Waals surface area contributed by atoms with Crippen molar-refractivity contribution in [2.24, 2.45) is 5.92 Å². The lowest BCUT2D eigenvalue weighted by Crippen LogP contribution is -2.48. The number of nitrogens with zero attached hydrogens (tertiary/aromatic N) is 1. The van der Waals surface area contributed by atoms with Crippen LogP contribution >= 0.6 is 11.8 Å². The molecule has 2 amide bonds. The molecular weight excluding hydrogens is 372 g/mol. The van der Waals surface area contributed by atoms with Gasteiger partial charge in [-0.05, 0) is 30.2 Å². The van der Waals surface area contributed by atoms with Crippen LogP contribution in [0, 0.1) is 5.92 Å². The second kappa shape index (κ2) is 9.32. The molecular formula is C22H28N2O3S. The van der Waals surface area contributed by atoms with Gasteiger partial charge in [0.2, 0.25) is 0 Å². The van der Waals surface area contributed by atoms with E-state index in [0.717, 1.165) is 29.3 Å². The van der Waals surface area contributed by atoms with Gasteiger partial charge in [0.05, 0.1) is 17.7 Å². The summed E-state index contributed by atoms with van der Waals surface area (Å²) in [4.78, 5) is 27.5. The summed E-state index contributed by atoms with van der Waals surface area (Å²) in [5.41, 5.74) is 0.754. The van der Waals surface area contributed by atoms with Crippen LogP contribution in [0.15, 0.2) is 42.5 Å². The average molecular weight is 401 g/mol. The Labute approximate surface area is 170 Å². The van der Waals surface area contributed by atoms with Gasteiger partial charge in [0.15, 0.2) is 0 Å². The molecule has 2 atom stereocenters. The van der Waals surface area contributed by atoms with Crippen molar-refractivity contribution in [3.8, 4) is 0 Å². The van der Waals surface area contributed by atoms with Gasteiger partial charge in [0.25, 0.3) is 0 Å². The molecule has 0 radical (unpaired) electrons. The number of benzene rings is 2. The van der Waals surface area contributed by atoms with E-state index in [1.165, 1.54) is 0 Å². The van der Waals surface area contributed by atoms with Gasteiger partial charge in [0, 0.05) is 11.1 Å². The molecule has 1 aliphatic rings. The van der Waals surface area contributed by atoms with Gasteiger partial charge in [-0.3, -0.25) is 4.90 Å². The Kier molecular flexibility index (Phi) is 6.83. The molecule has 0 saturated carbocycles. The largest absolute Gasteiger partial charge is 0.464 e. The maximum Gasteiger partial charge on any atom is 0.329 e. The normalized spacial score (nSPS) is 19.2. The van der Waals surface area contributed by atoms with Gasteiger partial charge in [-0.15, -0.1) is 11.8 Å². The number of amides is 2. The Morgan fingerprint density at radius 2 is 1.96 bits per heavy atom. The summed E-state index contributed by atoms with van der Waals surface area (Å²) in [7, 11) is 0. The fourth-order valence-electron chi connectivity index (χ4n) is 3.42. The Morgan fingerprint density at radius 3 is 2.71 bits per heavy atom. The zero-order chi connectivity index (χ0) is 20.1. The number of carbonyl (C=O) groups is 2. The third-order valence-electron chi connectivity index (χ3n) is 4.75. The molecule has 1 fully saturated rings. The van der Waals surface area contributed by atoms with Crippen LogP contribution in [0.25, 0.3) is 10.8 Å². The van der Waals surface area contributed by atoms with E-state index in [4.69, 9.17) is 4.74 Å². The first-order chi connectivity index (χ1) is 13.5. The van der Waals surface area contributed by atoms with Gasteiger partial charge >= 0.3 is 12.0 Å². The molecule has 6 heteroatoms. The highest BCUT2D eigenvalue weighted by molar-refractivity contribution is 8.00. The monoisotopic (exact) mass is 400 g/mol. The fraction of sp³-hybridized carbons (Fsp3) is 0.455. The Balaban J connectivity index is 1.84. The quantitative estimate of drug-likeness (QED) is 0.684. The van der Waals surface area contributed by atoms with E-state index in [2.05, 4.69) is 19.2 Å². The van der Waals surface area contributed by atoms with E-state index >= 15 is 0 Å². The molecule has 3 rings (SSSR count). The van der Waals surface area contributed by atoms with Crippen molar-refractivity contribution < 1.29 is 14.3 Å². The molecule has 2 unspecified atom stereocenters. The van der Waals surface area contributed by atoms with Gasteiger partial charge in [-0.2, -0.15) is 0 Å². The van der Waals surface area contributed by atoms with Crippen LogP contribution < -0.4 is 5.32 Å². The predicted octanol–water partition coefficient (Wildman–Crippen LogP) is 5.11. The summed E-state index contributed by atoms with van der Waals surface area (Å²) in [6, 6.07) is 13.0. The highest BCUT2D eigenvalue weighted by Crippen LogP contribution is 2.35. The van der Waals surface area contributed by atoms with Gasteiger partial charge in [-0.1, -0.05) is 57.2 Å². The van der Waals surface area contributed by atoms with Crippen molar-refractivity contribution in [2.75, 3.05) is 17.7 Å². The SMILES string of the molecule is CCCOC(=O)C1CSC(CC(C)C)N1C(=O)Nc1cccc2ccccc12. The lowest BCUT2D eigenvalue weighted by molar-refractivity contribution is -0.147. The van der Waals surface area contributed by atoms with Crippen LogP contribution in [0.1, 0.15) is 33.6 Å². The number of rotatable bonds is 6. The zero-order valence-corrected chi connectivity index (χ0v) is 17.5. The molecule has 1 N–H and O–H groups in total. The molecule has 28 heavy (non-hydrogen) atoms. The standard InChI is InChI=1S/C22H28N2O3S/c1-4-12-27-21(25)19-14-28-20(13-15(2)3)24(19)22(26)23-18-11-7-9-16-8-5-6-10-17(16)18/h5-11,15,19-20H,4,12-14H2,1-3H3,(H,23,26). The number of urea groups is 1. The molecule has 1 saturated heterocycles. The molecule has 1 aliphatic heterocycles. The minimum atomic E-state index is -0.546. The highest BCUT2D eigenvalue weighted by atomic mass is 32.2. The summed E-state index contributed by atoms with van der Waals surface area (Å²) in [6.07, 6.45) is 1.61. The third-order valence-corrected chi connectivity index (χ3v) is 6.06. The lowest BCUT2D eigenvalue weighted by atomic mass is 10.1. The topological polar surface area (TPSA) is 58.6 Å². The smallest absolute Gasteiger partial charge is 0.329 e. The average Bonchev–Trinajstić information content (AvgIpc) is 3.09. The summed E-state index contributed by atoms with van der Waals surface area (Å²) in [6.45, 7) is 6.60. The molecule has 2 aromatic carbocycles. The van der Waals surface area contributed by atoms with Crippen molar-refractivity contribution in [2.45, 2.75) is 45.0 Å². The van der Waals surface area contributed by atoms with Crippen LogP contribution in [0.5, 0.6) is 0 Å². The Bertz CT molecular complexity index is 834. The molecule has 0 aromatic heterocycles. The van der Waals surface area contributed by atoms with E-state index < -0.39 is 6.04 Å². The van der Waals surface area contributed by atoms with Gasteiger partial charge in [0.1, 0.15) is 6.04 Å². The van der Waals surface area contributed by atoms with Crippen molar-refractivity contribution in [1.29, 1.82) is 0 Å². The second-order valence-corrected chi connectivity index (χ2v) is 8.68. The predicted molar refractivity (Wildman–Crippen MR) is 116 cm³/mol. The van der Waals surface area contributed by atoms with Crippen molar-refractivity contribution in [3.63, 3.8) is 0 Å². The zero-order valence-electron chi connectivity index (χ0n) is 16.7. The number of hydrogen-bond donors (Lipinski definition) is 1. The summed E-state index contributed by atoms with van der Waals surface area (Å²) < 4.78 is 5.36. The van der Waals surface area contributed by atoms with Crippen LogP contribution in [-0.2, 0) is 9.53 Å². The lowest BCUT2D eigenvalue weighted by Gasteiger charge is -2.29. The van der Waals surface area contributed by atoms with Crippen molar-refractivity contribution >= 4 is 40.2 Å². The number of fused-ring (bicyclic) bond motifs is 1. The number of hydrogen-bond acceptors (Lipinski definition) is 4. The van der Waals surface area contributed by atoms with E-state index in [1.54, 1.807) is 16.7 Å². The molecule has 0 aliphatic carbocycles. The molecule has 1 heterocycles. The Hall–Kier alpha value is -2.21. The van der Waals surface area contributed by atoms with E-state index in [0.29, 0.717) is 18.3 Å². The van der Waals surface area contributed by atoms with Crippen LogP contribution in [0.3, 0.4) is 0 Å². The van der Waals surface area contributed by atoms with E-state index in [1.807, 2.05) is 49.4 Å². The summed E-state index contributed by atoms with van der Waals surface area (Å²) in [5, 5.41) is 5.05. The number of anilines is 1. The minimum Gasteiger partial charge on any atom is -0.464 e. The molecule has 5 nitrogen and oxygen atoms in total. The third kappa shape index (κ3) is 4.61. The van der Waals surface area contributed by atoms with Gasteiger partial charge < -0.3 is 10.1 Å². The maximum atomic E-state index is 13.2. The Morgan fingerprint density at radius 1 is 1.21 bits per heavy atom. The van der Waals surface area contributed by atoms with Crippen molar-refractivity contribution in [3.05, 3.63) is 42.5 Å². The molecule has 0 spiro atoms. The number of esters is 1. The first kappa shape index (κ1) is 20.5. The highest BCUT2D eigenvalue weighted by Gasteiger charge is 2.42. The van der Waals surface area contributed by atoms with Crippen LogP contribution in [-0.4, -0.2) is 40.7 Å². The number of ether oxygens (including phenoxy) is 1. The maximum absolute atomic E-state index is 13.2. The molecule has 0 bridgehead atoms. The molecule has 2 aromatic rings. The van der Waals surface area contributed by atoms with Gasteiger partial charge in [-0.25, -0.2) is 9.59 Å². The molecule has 150 valence electrons. The number of nitrogens with one attached hydrogen (secondary N) is 1. The van der Waals surface area contributed by atoms with E-state index in [-0.39, 0.29) is 17.4 Å². The number of carbonyl (C=O) groups excluding carboxylic acids is 2. The van der Waals surface area contributed by atoms with Crippen LogP contribution in [0.2, 0.25) is 0 Å². The minimum absolute atomic E-state index is 0.0332. The van der Waals surface area contributed by atoms with E-state index in [9.17, 15) is 9.59 Å². The summed E-state index contributed by atoms with van der Waals surface area (Å²) in [5.74, 6) is 0.688. The second-order valence-electron chi connectivity index (χ2n) is 7.46. The first-order valence-electron chi connectivity index (χ1n) is 9.86. The summed E-state index contributed by atoms with van der Waals surface area (Å²) >= 11 is 1.66. The first-order valence-corrected chi connectivity index (χ1v) is 10.9. The van der Waals surface area contributed by atoms with Crippen molar-refractivity contribution in [1.82, 2.24) is 4.90 Å².